The Labute approximate surface area is 224 Å². The number of nitrogens with one attached hydrogen (secondary N) is 1. The van der Waals surface area contributed by atoms with Crippen molar-refractivity contribution in [2.75, 3.05) is 12.1 Å². The molecule has 1 N–H and O–H groups in total. The van der Waals surface area contributed by atoms with E-state index in [0.717, 1.165) is 41.1 Å². The van der Waals surface area contributed by atoms with Crippen LogP contribution in [0.5, 0.6) is 11.5 Å². The molecule has 0 saturated heterocycles. The van der Waals surface area contributed by atoms with Crippen molar-refractivity contribution in [1.82, 2.24) is 14.8 Å². The third kappa shape index (κ3) is 5.58. The molecule has 7 nitrogen and oxygen atoms in total. The van der Waals surface area contributed by atoms with E-state index in [0.29, 0.717) is 29.0 Å². The number of benzene rings is 3. The van der Waals surface area contributed by atoms with Gasteiger partial charge in [-0.15, -0.1) is 10.2 Å². The van der Waals surface area contributed by atoms with Gasteiger partial charge in [-0.1, -0.05) is 59.8 Å². The molecule has 0 radical (unpaired) electrons. The molecule has 5 rings (SSSR count). The summed E-state index contributed by atoms with van der Waals surface area (Å²) in [4.78, 5) is 12.9. The molecule has 0 aliphatic carbocycles. The Hall–Kier alpha value is -3.70. The van der Waals surface area contributed by atoms with E-state index in [1.807, 2.05) is 53.1 Å². The van der Waals surface area contributed by atoms with Crippen molar-refractivity contribution in [2.24, 2.45) is 0 Å². The number of fused-ring (bicyclic) bond motifs is 1. The highest BCUT2D eigenvalue weighted by atomic mass is 35.5. The van der Waals surface area contributed by atoms with Gasteiger partial charge in [0.05, 0.1) is 28.1 Å². The molecule has 1 aliphatic rings. The van der Waals surface area contributed by atoms with Gasteiger partial charge >= 0.3 is 6.18 Å². The third-order valence-electron chi connectivity index (χ3n) is 5.73. The minimum absolute atomic E-state index is 0.000823. The van der Waals surface area contributed by atoms with Crippen LogP contribution < -0.4 is 14.8 Å². The van der Waals surface area contributed by atoms with Gasteiger partial charge < -0.3 is 14.8 Å². The van der Waals surface area contributed by atoms with Gasteiger partial charge in [0.25, 0.3) is 0 Å². The maximum atomic E-state index is 13.1. The standard InChI is InChI=1S/C26H20ClF3N4O3S/c1-15(24(35)31-20-12-18(26(28,29)30)8-9-19(20)27)38-25-33-32-23(17-5-3-2-4-6-17)34(25)13-16-7-10-21-22(11-16)37-14-36-21/h2-12,15H,13-14H2,1H3,(H,31,35)/t15-/m0/s1. The summed E-state index contributed by atoms with van der Waals surface area (Å²) in [6, 6.07) is 17.8. The van der Waals surface area contributed by atoms with E-state index in [1.165, 1.54) is 0 Å². The number of nitrogens with zero attached hydrogens (tertiary/aromatic N) is 3. The molecule has 1 aliphatic heterocycles. The smallest absolute Gasteiger partial charge is 0.416 e. The van der Waals surface area contributed by atoms with Gasteiger partial charge in [-0.2, -0.15) is 13.2 Å². The number of carbonyl (C=O) groups excluding carboxylic acids is 1. The van der Waals surface area contributed by atoms with Crippen LogP contribution in [0.4, 0.5) is 18.9 Å². The van der Waals surface area contributed by atoms with E-state index in [2.05, 4.69) is 15.5 Å². The monoisotopic (exact) mass is 560 g/mol. The summed E-state index contributed by atoms with van der Waals surface area (Å²) >= 11 is 7.18. The lowest BCUT2D eigenvalue weighted by Gasteiger charge is -2.16. The molecule has 0 bridgehead atoms. The van der Waals surface area contributed by atoms with Gasteiger partial charge in [0.1, 0.15) is 0 Å². The van der Waals surface area contributed by atoms with E-state index in [1.54, 1.807) is 6.92 Å². The second-order valence-corrected chi connectivity index (χ2v) is 10.1. The van der Waals surface area contributed by atoms with Crippen molar-refractivity contribution in [3.63, 3.8) is 0 Å². The number of hydrogen-bond acceptors (Lipinski definition) is 6. The number of ether oxygens (including phenoxy) is 2. The minimum atomic E-state index is -4.57. The summed E-state index contributed by atoms with van der Waals surface area (Å²) in [5.74, 6) is 1.36. The second kappa shape index (κ2) is 10.6. The first-order valence-electron chi connectivity index (χ1n) is 11.4. The number of amides is 1. The van der Waals surface area contributed by atoms with Crippen molar-refractivity contribution < 1.29 is 27.4 Å². The van der Waals surface area contributed by atoms with Crippen LogP contribution in [0.2, 0.25) is 5.02 Å². The molecule has 0 fully saturated rings. The first kappa shape index (κ1) is 25.9. The van der Waals surface area contributed by atoms with E-state index in [9.17, 15) is 18.0 Å². The highest BCUT2D eigenvalue weighted by molar-refractivity contribution is 8.00. The number of rotatable bonds is 7. The molecule has 0 unspecified atom stereocenters. The fraction of sp³-hybridized carbons (Fsp3) is 0.192. The van der Waals surface area contributed by atoms with Gasteiger partial charge in [-0.25, -0.2) is 0 Å². The molecule has 1 atom stereocenters. The summed E-state index contributed by atoms with van der Waals surface area (Å²) in [5.41, 5.74) is 0.709. The Kier molecular flexibility index (Phi) is 7.22. The molecule has 1 aromatic heterocycles. The predicted molar refractivity (Wildman–Crippen MR) is 138 cm³/mol. The quantitative estimate of drug-likeness (QED) is 0.260. The van der Waals surface area contributed by atoms with Crippen LogP contribution >= 0.6 is 23.4 Å². The van der Waals surface area contributed by atoms with Crippen molar-refractivity contribution in [3.05, 3.63) is 82.9 Å². The fourth-order valence-electron chi connectivity index (χ4n) is 3.78. The Bertz CT molecular complexity index is 1480. The molecule has 0 spiro atoms. The van der Waals surface area contributed by atoms with Gasteiger partial charge in [0, 0.05) is 5.56 Å². The molecule has 12 heteroatoms. The van der Waals surface area contributed by atoms with Crippen molar-refractivity contribution in [1.29, 1.82) is 0 Å². The van der Waals surface area contributed by atoms with Gasteiger partial charge in [0.15, 0.2) is 22.5 Å². The number of aromatic nitrogens is 3. The van der Waals surface area contributed by atoms with Crippen LogP contribution in [0, 0.1) is 0 Å². The Balaban J connectivity index is 1.40. The number of anilines is 1. The summed E-state index contributed by atoms with van der Waals surface area (Å²) in [6.07, 6.45) is -4.57. The Morgan fingerprint density at radius 1 is 1.08 bits per heavy atom. The van der Waals surface area contributed by atoms with Gasteiger partial charge in [-0.05, 0) is 42.8 Å². The van der Waals surface area contributed by atoms with Crippen LogP contribution in [-0.2, 0) is 17.5 Å². The van der Waals surface area contributed by atoms with E-state index >= 15 is 0 Å². The van der Waals surface area contributed by atoms with Crippen LogP contribution in [0.25, 0.3) is 11.4 Å². The summed E-state index contributed by atoms with van der Waals surface area (Å²) in [6.45, 7) is 2.16. The predicted octanol–water partition coefficient (Wildman–Crippen LogP) is 6.51. The normalized spacial score (nSPS) is 13.4. The number of alkyl halides is 3. The zero-order chi connectivity index (χ0) is 26.9. The Morgan fingerprint density at radius 3 is 2.61 bits per heavy atom. The van der Waals surface area contributed by atoms with Crippen molar-refractivity contribution in [3.8, 4) is 22.9 Å². The van der Waals surface area contributed by atoms with Crippen molar-refractivity contribution in [2.45, 2.75) is 30.1 Å². The van der Waals surface area contributed by atoms with Crippen LogP contribution in [0.1, 0.15) is 18.1 Å². The summed E-state index contributed by atoms with van der Waals surface area (Å²) in [7, 11) is 0. The Morgan fingerprint density at radius 2 is 1.84 bits per heavy atom. The second-order valence-electron chi connectivity index (χ2n) is 8.39. The summed E-state index contributed by atoms with van der Waals surface area (Å²) in [5, 5.41) is 10.9. The van der Waals surface area contributed by atoms with Gasteiger partial charge in [-0.3, -0.25) is 9.36 Å². The maximum Gasteiger partial charge on any atom is 0.416 e. The average molecular weight is 561 g/mol. The first-order chi connectivity index (χ1) is 18.2. The number of hydrogen-bond donors (Lipinski definition) is 1. The fourth-order valence-corrected chi connectivity index (χ4v) is 4.80. The van der Waals surface area contributed by atoms with Crippen molar-refractivity contribution >= 4 is 35.0 Å². The molecule has 38 heavy (non-hydrogen) atoms. The molecule has 0 saturated carbocycles. The zero-order valence-electron chi connectivity index (χ0n) is 19.8. The van der Waals surface area contributed by atoms with Crippen LogP contribution in [0.15, 0.2) is 71.9 Å². The largest absolute Gasteiger partial charge is 0.454 e. The highest BCUT2D eigenvalue weighted by Gasteiger charge is 2.31. The number of carbonyl (C=O) groups is 1. The molecular formula is C26H20ClF3N4O3S. The highest BCUT2D eigenvalue weighted by Crippen LogP contribution is 2.36. The van der Waals surface area contributed by atoms with E-state index in [-0.39, 0.29) is 17.5 Å². The number of thioether (sulfide) groups is 1. The molecule has 4 aromatic rings. The number of halogens is 4. The lowest BCUT2D eigenvalue weighted by Crippen LogP contribution is -2.23. The van der Waals surface area contributed by atoms with Crippen LogP contribution in [-0.4, -0.2) is 32.7 Å². The topological polar surface area (TPSA) is 78.3 Å². The summed E-state index contributed by atoms with van der Waals surface area (Å²) < 4.78 is 52.1. The maximum absolute atomic E-state index is 13.1. The lowest BCUT2D eigenvalue weighted by atomic mass is 10.2. The molecular weight excluding hydrogens is 541 g/mol. The molecule has 1 amide bonds. The molecule has 196 valence electrons. The minimum Gasteiger partial charge on any atom is -0.454 e. The SMILES string of the molecule is C[C@H](Sc1nnc(-c2ccccc2)n1Cc1ccc2c(c1)OCO2)C(=O)Nc1cc(C(F)(F)F)ccc1Cl. The average Bonchev–Trinajstić information content (AvgIpc) is 3.52. The van der Waals surface area contributed by atoms with E-state index < -0.39 is 22.9 Å². The van der Waals surface area contributed by atoms with Gasteiger partial charge in [0.2, 0.25) is 12.7 Å². The van der Waals surface area contributed by atoms with Crippen LogP contribution in [0.3, 0.4) is 0 Å². The zero-order valence-corrected chi connectivity index (χ0v) is 21.4. The van der Waals surface area contributed by atoms with E-state index in [4.69, 9.17) is 21.1 Å². The molecule has 2 heterocycles. The first-order valence-corrected chi connectivity index (χ1v) is 12.7. The molecule has 3 aromatic carbocycles. The third-order valence-corrected chi connectivity index (χ3v) is 7.14. The lowest BCUT2D eigenvalue weighted by molar-refractivity contribution is -0.137.